The third kappa shape index (κ3) is 3.48. The molecule has 6 heteroatoms. The molecule has 2 rings (SSSR count). The minimum atomic E-state index is -0.334. The summed E-state index contributed by atoms with van der Waals surface area (Å²) in [5.74, 6) is 1.02. The molecular weight excluding hydrogens is 274 g/mol. The molecule has 0 bridgehead atoms. The Labute approximate surface area is 122 Å². The Hall–Kier alpha value is -2.08. The zero-order chi connectivity index (χ0) is 14.5. The van der Waals surface area contributed by atoms with Crippen molar-refractivity contribution in [2.75, 3.05) is 17.7 Å². The standard InChI is InChI=1S/C14H17N3O2S/c1-9(2)12-8-15-14(20-12)17-13(18)16-10-6-4-5-7-11(10)19-3/h4-9H,1-3H3,(H2,15,16,17,18). The third-order valence-corrected chi connectivity index (χ3v) is 3.88. The zero-order valence-electron chi connectivity index (χ0n) is 11.6. The van der Waals surface area contributed by atoms with Crippen LogP contribution in [0.1, 0.15) is 24.6 Å². The molecule has 0 aliphatic rings. The van der Waals surface area contributed by atoms with E-state index in [0.29, 0.717) is 22.5 Å². The molecule has 0 saturated carbocycles. The third-order valence-electron chi connectivity index (χ3n) is 2.67. The van der Waals surface area contributed by atoms with E-state index in [1.165, 1.54) is 11.3 Å². The first-order chi connectivity index (χ1) is 9.60. The molecule has 106 valence electrons. The van der Waals surface area contributed by atoms with Gasteiger partial charge < -0.3 is 10.1 Å². The van der Waals surface area contributed by atoms with Gasteiger partial charge >= 0.3 is 6.03 Å². The molecular formula is C14H17N3O2S. The number of benzene rings is 1. The lowest BCUT2D eigenvalue weighted by Gasteiger charge is -2.09. The van der Waals surface area contributed by atoms with Crippen LogP contribution >= 0.6 is 11.3 Å². The number of methoxy groups -OCH3 is 1. The van der Waals surface area contributed by atoms with Crippen molar-refractivity contribution in [1.82, 2.24) is 4.98 Å². The molecule has 0 atom stereocenters. The summed E-state index contributed by atoms with van der Waals surface area (Å²) in [6.45, 7) is 4.18. The molecule has 0 spiro atoms. The van der Waals surface area contributed by atoms with Crippen molar-refractivity contribution in [2.24, 2.45) is 0 Å². The lowest BCUT2D eigenvalue weighted by Crippen LogP contribution is -2.19. The van der Waals surface area contributed by atoms with Crippen molar-refractivity contribution in [1.29, 1.82) is 0 Å². The van der Waals surface area contributed by atoms with E-state index in [4.69, 9.17) is 4.74 Å². The smallest absolute Gasteiger partial charge is 0.325 e. The van der Waals surface area contributed by atoms with E-state index >= 15 is 0 Å². The summed E-state index contributed by atoms with van der Waals surface area (Å²) in [4.78, 5) is 17.2. The van der Waals surface area contributed by atoms with E-state index < -0.39 is 0 Å². The number of carbonyl (C=O) groups excluding carboxylic acids is 1. The molecule has 0 radical (unpaired) electrons. The lowest BCUT2D eigenvalue weighted by atomic mass is 10.2. The van der Waals surface area contributed by atoms with E-state index in [0.717, 1.165) is 4.88 Å². The number of nitrogens with one attached hydrogen (secondary N) is 2. The molecule has 1 aromatic carbocycles. The Kier molecular flexibility index (Phi) is 4.57. The average molecular weight is 291 g/mol. The maximum absolute atomic E-state index is 11.9. The SMILES string of the molecule is COc1ccccc1NC(=O)Nc1ncc(C(C)C)s1. The number of aromatic nitrogens is 1. The average Bonchev–Trinajstić information content (AvgIpc) is 2.88. The number of ether oxygens (including phenoxy) is 1. The van der Waals surface area contributed by atoms with E-state index in [9.17, 15) is 4.79 Å². The monoisotopic (exact) mass is 291 g/mol. The lowest BCUT2D eigenvalue weighted by molar-refractivity contribution is 0.262. The van der Waals surface area contributed by atoms with Gasteiger partial charge in [0.2, 0.25) is 0 Å². The summed E-state index contributed by atoms with van der Waals surface area (Å²) >= 11 is 1.48. The molecule has 0 aliphatic heterocycles. The van der Waals surface area contributed by atoms with Gasteiger partial charge in [0.1, 0.15) is 5.75 Å². The van der Waals surface area contributed by atoms with Gasteiger partial charge in [-0.1, -0.05) is 26.0 Å². The molecule has 1 heterocycles. The number of nitrogens with zero attached hydrogens (tertiary/aromatic N) is 1. The Morgan fingerprint density at radius 1 is 1.30 bits per heavy atom. The van der Waals surface area contributed by atoms with Crippen molar-refractivity contribution in [3.05, 3.63) is 35.3 Å². The van der Waals surface area contributed by atoms with Crippen molar-refractivity contribution in [3.63, 3.8) is 0 Å². The highest BCUT2D eigenvalue weighted by molar-refractivity contribution is 7.15. The summed E-state index contributed by atoms with van der Waals surface area (Å²) in [6, 6.07) is 6.91. The highest BCUT2D eigenvalue weighted by Crippen LogP contribution is 2.26. The van der Waals surface area contributed by atoms with Gasteiger partial charge in [0.15, 0.2) is 5.13 Å². The van der Waals surface area contributed by atoms with Crippen LogP contribution in [0.3, 0.4) is 0 Å². The van der Waals surface area contributed by atoms with Crippen LogP contribution in [0.15, 0.2) is 30.5 Å². The van der Waals surface area contributed by atoms with Crippen LogP contribution in [-0.2, 0) is 0 Å². The van der Waals surface area contributed by atoms with Crippen LogP contribution < -0.4 is 15.4 Å². The van der Waals surface area contributed by atoms with Crippen LogP contribution in [0.5, 0.6) is 5.75 Å². The zero-order valence-corrected chi connectivity index (χ0v) is 12.5. The fraction of sp³-hybridized carbons (Fsp3) is 0.286. The van der Waals surface area contributed by atoms with Crippen LogP contribution in [0.25, 0.3) is 0 Å². The first kappa shape index (κ1) is 14.3. The Bertz CT molecular complexity index is 596. The molecule has 0 fully saturated rings. The molecule has 2 aromatic rings. The summed E-state index contributed by atoms with van der Waals surface area (Å²) < 4.78 is 5.18. The topological polar surface area (TPSA) is 63.2 Å². The molecule has 0 unspecified atom stereocenters. The van der Waals surface area contributed by atoms with Crippen LogP contribution in [0.2, 0.25) is 0 Å². The molecule has 2 amide bonds. The van der Waals surface area contributed by atoms with Gasteiger partial charge in [-0.15, -0.1) is 11.3 Å². The molecule has 0 saturated heterocycles. The van der Waals surface area contributed by atoms with Gasteiger partial charge in [-0.3, -0.25) is 5.32 Å². The predicted molar refractivity (Wildman–Crippen MR) is 81.8 cm³/mol. The highest BCUT2D eigenvalue weighted by Gasteiger charge is 2.10. The van der Waals surface area contributed by atoms with E-state index in [-0.39, 0.29) is 6.03 Å². The highest BCUT2D eigenvalue weighted by atomic mass is 32.1. The van der Waals surface area contributed by atoms with E-state index in [2.05, 4.69) is 29.5 Å². The maximum Gasteiger partial charge on any atom is 0.325 e. The van der Waals surface area contributed by atoms with E-state index in [1.807, 2.05) is 12.1 Å². The summed E-state index contributed by atoms with van der Waals surface area (Å²) in [6.07, 6.45) is 1.79. The minimum Gasteiger partial charge on any atom is -0.495 e. The number of hydrogen-bond acceptors (Lipinski definition) is 4. The minimum absolute atomic E-state index is 0.334. The van der Waals surface area contributed by atoms with Gasteiger partial charge in [0.05, 0.1) is 12.8 Å². The Morgan fingerprint density at radius 3 is 2.70 bits per heavy atom. The fourth-order valence-corrected chi connectivity index (χ4v) is 2.42. The van der Waals surface area contributed by atoms with Crippen molar-refractivity contribution >= 4 is 28.2 Å². The quantitative estimate of drug-likeness (QED) is 0.897. The molecule has 0 aliphatic carbocycles. The number of anilines is 2. The summed E-state index contributed by atoms with van der Waals surface area (Å²) in [5, 5.41) is 6.04. The first-order valence-electron chi connectivity index (χ1n) is 6.27. The molecule has 2 N–H and O–H groups in total. The largest absolute Gasteiger partial charge is 0.495 e. The van der Waals surface area contributed by atoms with Crippen LogP contribution in [-0.4, -0.2) is 18.1 Å². The second-order valence-corrected chi connectivity index (χ2v) is 5.56. The van der Waals surface area contributed by atoms with Crippen molar-refractivity contribution < 1.29 is 9.53 Å². The van der Waals surface area contributed by atoms with Gasteiger partial charge in [-0.05, 0) is 18.1 Å². The molecule has 5 nitrogen and oxygen atoms in total. The van der Waals surface area contributed by atoms with Crippen LogP contribution in [0.4, 0.5) is 15.6 Å². The maximum atomic E-state index is 11.9. The summed E-state index contributed by atoms with van der Waals surface area (Å²) in [7, 11) is 1.56. The first-order valence-corrected chi connectivity index (χ1v) is 7.08. The predicted octanol–water partition coefficient (Wildman–Crippen LogP) is 3.92. The van der Waals surface area contributed by atoms with Gasteiger partial charge in [-0.2, -0.15) is 0 Å². The molecule has 1 aromatic heterocycles. The number of rotatable bonds is 4. The second-order valence-electron chi connectivity index (χ2n) is 4.50. The number of urea groups is 1. The number of amides is 2. The summed E-state index contributed by atoms with van der Waals surface area (Å²) in [5.41, 5.74) is 0.619. The molecule has 20 heavy (non-hydrogen) atoms. The van der Waals surface area contributed by atoms with Gasteiger partial charge in [-0.25, -0.2) is 9.78 Å². The second kappa shape index (κ2) is 6.38. The number of carbonyl (C=O) groups is 1. The van der Waals surface area contributed by atoms with Crippen molar-refractivity contribution in [2.45, 2.75) is 19.8 Å². The fourth-order valence-electron chi connectivity index (χ4n) is 1.61. The number of hydrogen-bond donors (Lipinski definition) is 2. The van der Waals surface area contributed by atoms with Crippen LogP contribution in [0, 0.1) is 0 Å². The Balaban J connectivity index is 2.01. The number of para-hydroxylation sites is 2. The number of thiazole rings is 1. The van der Waals surface area contributed by atoms with Gasteiger partial charge in [0, 0.05) is 11.1 Å². The van der Waals surface area contributed by atoms with Gasteiger partial charge in [0.25, 0.3) is 0 Å². The van der Waals surface area contributed by atoms with Crippen molar-refractivity contribution in [3.8, 4) is 5.75 Å². The normalized spacial score (nSPS) is 10.4. The van der Waals surface area contributed by atoms with E-state index in [1.54, 1.807) is 25.4 Å². The Morgan fingerprint density at radius 2 is 2.05 bits per heavy atom.